The fraction of sp³-hybridized carbons (Fsp3) is 0.455. The van der Waals surface area contributed by atoms with Gasteiger partial charge in [-0.1, -0.05) is 13.0 Å². The molecule has 0 aromatic heterocycles. The van der Waals surface area contributed by atoms with Crippen molar-refractivity contribution >= 4 is 12.6 Å². The molecule has 1 atom stereocenters. The highest BCUT2D eigenvalue weighted by Crippen LogP contribution is 2.07. The number of benzene rings is 1. The minimum Gasteiger partial charge on any atom is -0.423 e. The molecule has 3 nitrogen and oxygen atoms in total. The molecular weight excluding hydrogens is 210 g/mol. The summed E-state index contributed by atoms with van der Waals surface area (Å²) in [7, 11) is -1.65. The zero-order valence-electron chi connectivity index (χ0n) is 9.48. The number of ether oxygens (including phenoxy) is 1. The number of hydrogen-bond acceptors (Lipinski definition) is 3. The quantitative estimate of drug-likeness (QED) is 0.731. The zero-order chi connectivity index (χ0) is 12.1. The van der Waals surface area contributed by atoms with E-state index in [1.165, 1.54) is 12.1 Å². The van der Waals surface area contributed by atoms with Gasteiger partial charge in [-0.15, -0.1) is 0 Å². The van der Waals surface area contributed by atoms with Gasteiger partial charge in [0.15, 0.2) is 0 Å². The first kappa shape index (κ1) is 13.2. The molecule has 1 aromatic rings. The van der Waals surface area contributed by atoms with E-state index in [0.717, 1.165) is 12.5 Å². The van der Waals surface area contributed by atoms with E-state index in [1.807, 2.05) is 13.8 Å². The van der Waals surface area contributed by atoms with Gasteiger partial charge in [0, 0.05) is 0 Å². The van der Waals surface area contributed by atoms with Crippen LogP contribution in [0.4, 0.5) is 4.39 Å². The molecule has 0 aliphatic carbocycles. The Labute approximate surface area is 95.0 Å². The van der Waals surface area contributed by atoms with E-state index in [1.54, 1.807) is 0 Å². The molecule has 2 N–H and O–H groups in total. The Hall–Kier alpha value is -0.905. The first-order valence-corrected chi connectivity index (χ1v) is 5.30. The van der Waals surface area contributed by atoms with Crippen LogP contribution >= 0.6 is 0 Å². The van der Waals surface area contributed by atoms with Gasteiger partial charge >= 0.3 is 7.12 Å². The summed E-state index contributed by atoms with van der Waals surface area (Å²) in [5.41, 5.74) is 0.742. The van der Waals surface area contributed by atoms with Gasteiger partial charge in [-0.2, -0.15) is 0 Å². The molecule has 5 heteroatoms. The molecule has 16 heavy (non-hydrogen) atoms. The van der Waals surface area contributed by atoms with Gasteiger partial charge in [-0.25, -0.2) is 4.39 Å². The number of hydrogen-bond donors (Lipinski definition) is 2. The monoisotopic (exact) mass is 226 g/mol. The molecule has 0 heterocycles. The van der Waals surface area contributed by atoms with E-state index in [4.69, 9.17) is 14.8 Å². The third-order valence-electron chi connectivity index (χ3n) is 2.39. The minimum atomic E-state index is -1.65. The standard InChI is InChI=1S/C11H16BFO3/c1-3-8(2)16-7-9-4-10(12(14)15)6-11(13)5-9/h4-6,8,14-15H,3,7H2,1-2H3. The summed E-state index contributed by atoms with van der Waals surface area (Å²) in [4.78, 5) is 0. The highest BCUT2D eigenvalue weighted by molar-refractivity contribution is 6.58. The Morgan fingerprint density at radius 2 is 2.06 bits per heavy atom. The van der Waals surface area contributed by atoms with Crippen molar-refractivity contribution in [2.45, 2.75) is 33.0 Å². The Bertz CT molecular complexity index is 344. The van der Waals surface area contributed by atoms with Gasteiger partial charge in [0.05, 0.1) is 12.7 Å². The van der Waals surface area contributed by atoms with Gasteiger partial charge in [0.25, 0.3) is 0 Å². The van der Waals surface area contributed by atoms with Crippen LogP contribution in [0.5, 0.6) is 0 Å². The van der Waals surface area contributed by atoms with Crippen molar-refractivity contribution in [3.8, 4) is 0 Å². The Kier molecular flexibility index (Phi) is 4.92. The van der Waals surface area contributed by atoms with Crippen LogP contribution in [0.25, 0.3) is 0 Å². The summed E-state index contributed by atoms with van der Waals surface area (Å²) >= 11 is 0. The van der Waals surface area contributed by atoms with E-state index < -0.39 is 12.9 Å². The normalized spacial score (nSPS) is 12.6. The van der Waals surface area contributed by atoms with Crippen molar-refractivity contribution < 1.29 is 19.2 Å². The lowest BCUT2D eigenvalue weighted by Gasteiger charge is -2.11. The number of halogens is 1. The summed E-state index contributed by atoms with van der Waals surface area (Å²) in [5.74, 6) is -0.492. The molecule has 1 unspecified atom stereocenters. The lowest BCUT2D eigenvalue weighted by molar-refractivity contribution is 0.0507. The maximum atomic E-state index is 13.1. The third-order valence-corrected chi connectivity index (χ3v) is 2.39. The SMILES string of the molecule is CCC(C)OCc1cc(F)cc(B(O)O)c1. The zero-order valence-corrected chi connectivity index (χ0v) is 9.48. The highest BCUT2D eigenvalue weighted by Gasteiger charge is 2.13. The molecule has 0 fully saturated rings. The van der Waals surface area contributed by atoms with Crippen LogP contribution in [-0.4, -0.2) is 23.3 Å². The molecule has 0 bridgehead atoms. The van der Waals surface area contributed by atoms with Crippen LogP contribution in [0, 0.1) is 5.82 Å². The van der Waals surface area contributed by atoms with E-state index in [9.17, 15) is 4.39 Å². The Morgan fingerprint density at radius 3 is 2.62 bits per heavy atom. The van der Waals surface area contributed by atoms with E-state index >= 15 is 0 Å². The van der Waals surface area contributed by atoms with Gasteiger partial charge in [0.2, 0.25) is 0 Å². The first-order valence-electron chi connectivity index (χ1n) is 5.30. The summed E-state index contributed by atoms with van der Waals surface area (Å²) in [5, 5.41) is 17.9. The van der Waals surface area contributed by atoms with E-state index in [0.29, 0.717) is 5.56 Å². The predicted octanol–water partition coefficient (Wildman–Crippen LogP) is 0.821. The van der Waals surface area contributed by atoms with Gasteiger partial charge in [-0.3, -0.25) is 0 Å². The van der Waals surface area contributed by atoms with Crippen LogP contribution < -0.4 is 5.46 Å². The largest absolute Gasteiger partial charge is 0.488 e. The van der Waals surface area contributed by atoms with E-state index in [2.05, 4.69) is 0 Å². The van der Waals surface area contributed by atoms with E-state index in [-0.39, 0.29) is 18.2 Å². The third kappa shape index (κ3) is 3.92. The highest BCUT2D eigenvalue weighted by atomic mass is 19.1. The van der Waals surface area contributed by atoms with Gasteiger partial charge < -0.3 is 14.8 Å². The lowest BCUT2D eigenvalue weighted by atomic mass is 9.79. The topological polar surface area (TPSA) is 49.7 Å². The maximum Gasteiger partial charge on any atom is 0.488 e. The van der Waals surface area contributed by atoms with Crippen molar-refractivity contribution in [2.75, 3.05) is 0 Å². The lowest BCUT2D eigenvalue weighted by Crippen LogP contribution is -2.30. The van der Waals surface area contributed by atoms with Crippen LogP contribution in [0.1, 0.15) is 25.8 Å². The van der Waals surface area contributed by atoms with Crippen LogP contribution in [0.2, 0.25) is 0 Å². The summed E-state index contributed by atoms with van der Waals surface area (Å²) in [6, 6.07) is 3.95. The summed E-state index contributed by atoms with van der Waals surface area (Å²) in [6.07, 6.45) is 0.982. The molecule has 0 spiro atoms. The summed E-state index contributed by atoms with van der Waals surface area (Å²) in [6.45, 7) is 4.20. The van der Waals surface area contributed by atoms with Crippen LogP contribution in [0.3, 0.4) is 0 Å². The second kappa shape index (κ2) is 5.99. The average molecular weight is 226 g/mol. The molecule has 0 radical (unpaired) electrons. The molecule has 0 saturated carbocycles. The Morgan fingerprint density at radius 1 is 1.38 bits per heavy atom. The molecule has 0 amide bonds. The minimum absolute atomic E-state index is 0.103. The summed E-state index contributed by atoms with van der Waals surface area (Å²) < 4.78 is 18.6. The average Bonchev–Trinajstić information content (AvgIpc) is 2.25. The van der Waals surface area contributed by atoms with Crippen molar-refractivity contribution in [2.24, 2.45) is 0 Å². The second-order valence-corrected chi connectivity index (χ2v) is 3.80. The second-order valence-electron chi connectivity index (χ2n) is 3.80. The Balaban J connectivity index is 2.72. The first-order chi connectivity index (χ1) is 7.52. The molecule has 1 aromatic carbocycles. The van der Waals surface area contributed by atoms with Crippen molar-refractivity contribution in [1.29, 1.82) is 0 Å². The number of rotatable bonds is 5. The van der Waals surface area contributed by atoms with Gasteiger partial charge in [0.1, 0.15) is 5.82 Å². The molecule has 0 saturated heterocycles. The van der Waals surface area contributed by atoms with Crippen molar-refractivity contribution in [1.82, 2.24) is 0 Å². The molecule has 0 aliphatic heterocycles. The van der Waals surface area contributed by atoms with Crippen molar-refractivity contribution in [3.63, 3.8) is 0 Å². The van der Waals surface area contributed by atoms with Crippen LogP contribution in [-0.2, 0) is 11.3 Å². The fourth-order valence-electron chi connectivity index (χ4n) is 1.26. The van der Waals surface area contributed by atoms with Crippen molar-refractivity contribution in [3.05, 3.63) is 29.6 Å². The van der Waals surface area contributed by atoms with Crippen LogP contribution in [0.15, 0.2) is 18.2 Å². The van der Waals surface area contributed by atoms with Gasteiger partial charge in [-0.05, 0) is 36.5 Å². The predicted molar refractivity (Wildman–Crippen MR) is 60.8 cm³/mol. The fourth-order valence-corrected chi connectivity index (χ4v) is 1.26. The molecule has 0 aliphatic rings. The smallest absolute Gasteiger partial charge is 0.423 e. The molecule has 1 rings (SSSR count). The molecular formula is C11H16BFO3. The maximum absolute atomic E-state index is 13.1. The molecule has 88 valence electrons.